The first-order valence-corrected chi connectivity index (χ1v) is 14.1. The van der Waals surface area contributed by atoms with Gasteiger partial charge < -0.3 is 49.9 Å². The van der Waals surface area contributed by atoms with Crippen molar-refractivity contribution in [1.29, 1.82) is 0 Å². The van der Waals surface area contributed by atoms with Crippen molar-refractivity contribution in [1.82, 2.24) is 0 Å². The van der Waals surface area contributed by atoms with Gasteiger partial charge in [0.25, 0.3) is 0 Å². The zero-order valence-electron chi connectivity index (χ0n) is 18.7. The summed E-state index contributed by atoms with van der Waals surface area (Å²) < 4.78 is 48.6. The van der Waals surface area contributed by atoms with Crippen molar-refractivity contribution in [3.8, 4) is 0 Å². The first-order chi connectivity index (χ1) is 15.3. The number of hydrogen-bond donors (Lipinski definition) is 7. The minimum atomic E-state index is -4.46. The van der Waals surface area contributed by atoms with Gasteiger partial charge in [0.1, 0.15) is 30.5 Å². The van der Waals surface area contributed by atoms with Gasteiger partial charge >= 0.3 is 15.4 Å². The molecule has 14 nitrogen and oxygen atoms in total. The van der Waals surface area contributed by atoms with E-state index < -0.39 is 78.0 Å². The molecule has 0 spiro atoms. The molecular formula is C17H37NO13P2. The summed E-state index contributed by atoms with van der Waals surface area (Å²) in [5, 5.41) is 39.5. The van der Waals surface area contributed by atoms with Crippen LogP contribution in [0.25, 0.3) is 0 Å². The predicted molar refractivity (Wildman–Crippen MR) is 114 cm³/mol. The molecule has 16 heteroatoms. The van der Waals surface area contributed by atoms with Crippen LogP contribution in [0.2, 0.25) is 0 Å². The van der Waals surface area contributed by atoms with Crippen molar-refractivity contribution < 1.29 is 62.4 Å². The molecule has 1 heterocycles. The second-order valence-corrected chi connectivity index (χ2v) is 11.1. The van der Waals surface area contributed by atoms with Gasteiger partial charge in [-0.25, -0.2) is 4.57 Å². The van der Waals surface area contributed by atoms with E-state index in [0.717, 1.165) is 13.1 Å². The zero-order chi connectivity index (χ0) is 25.2. The van der Waals surface area contributed by atoms with E-state index in [1.165, 1.54) is 0 Å². The highest BCUT2D eigenvalue weighted by Gasteiger charge is 2.45. The van der Waals surface area contributed by atoms with Crippen molar-refractivity contribution in [3.63, 3.8) is 0 Å². The van der Waals surface area contributed by atoms with Gasteiger partial charge in [-0.05, 0) is 25.8 Å². The van der Waals surface area contributed by atoms with E-state index in [0.29, 0.717) is 19.4 Å². The molecule has 1 fully saturated rings. The Morgan fingerprint density at radius 3 is 2.24 bits per heavy atom. The Kier molecular flexibility index (Phi) is 13.6. The standard InChI is InChI=1S/C17H37NO13P2/c1-11-16(31-32(2,23)24)14(8-19)30-17(11)27-9-12(20)15(22)13(21)10-29-33(25,26)28-7-5-3-4-6-18/h11-17,19-22H,3-10,18H2,1-2H3,(H,23,24)(H,25,26)/t11?,12?,13?,14-,15?,16-,17-/m1/s1. The average Bonchev–Trinajstić information content (AvgIpc) is 3.02. The third-order valence-corrected chi connectivity index (χ3v) is 6.47. The highest BCUT2D eigenvalue weighted by Crippen LogP contribution is 2.45. The third-order valence-electron chi connectivity index (χ3n) is 4.85. The molecule has 1 rings (SSSR count). The van der Waals surface area contributed by atoms with E-state index in [1.54, 1.807) is 6.92 Å². The molecule has 198 valence electrons. The van der Waals surface area contributed by atoms with E-state index in [4.69, 9.17) is 24.3 Å². The fourth-order valence-electron chi connectivity index (χ4n) is 3.05. The first-order valence-electron chi connectivity index (χ1n) is 10.5. The van der Waals surface area contributed by atoms with Crippen LogP contribution in [0.15, 0.2) is 0 Å². The Balaban J connectivity index is 2.45. The van der Waals surface area contributed by atoms with Crippen LogP contribution in [-0.2, 0) is 32.2 Å². The third kappa shape index (κ3) is 11.5. The number of ether oxygens (including phenoxy) is 2. The number of unbranched alkanes of at least 4 members (excludes halogenated alkanes) is 2. The number of hydrogen-bond acceptors (Lipinski definition) is 12. The van der Waals surface area contributed by atoms with Crippen LogP contribution < -0.4 is 5.73 Å². The van der Waals surface area contributed by atoms with Crippen LogP contribution in [0, 0.1) is 5.92 Å². The molecule has 8 N–H and O–H groups in total. The van der Waals surface area contributed by atoms with E-state index in [-0.39, 0.29) is 6.61 Å². The van der Waals surface area contributed by atoms with E-state index in [2.05, 4.69) is 4.52 Å². The van der Waals surface area contributed by atoms with E-state index in [9.17, 15) is 39.3 Å². The van der Waals surface area contributed by atoms with Crippen molar-refractivity contribution in [2.45, 2.75) is 63.0 Å². The van der Waals surface area contributed by atoms with Crippen LogP contribution in [-0.4, -0.2) is 107 Å². The maximum atomic E-state index is 11.8. The fraction of sp³-hybridized carbons (Fsp3) is 1.00. The number of nitrogens with two attached hydrogens (primary N) is 1. The van der Waals surface area contributed by atoms with E-state index in [1.807, 2.05) is 0 Å². The smallest absolute Gasteiger partial charge is 0.394 e. The summed E-state index contributed by atoms with van der Waals surface area (Å²) in [7, 11) is -8.33. The van der Waals surface area contributed by atoms with Gasteiger partial charge in [-0.15, -0.1) is 0 Å². The Morgan fingerprint density at radius 1 is 1.03 bits per heavy atom. The van der Waals surface area contributed by atoms with Gasteiger partial charge in [0.2, 0.25) is 0 Å². The molecule has 0 amide bonds. The summed E-state index contributed by atoms with van der Waals surface area (Å²) in [5.74, 6) is -0.609. The highest BCUT2D eigenvalue weighted by molar-refractivity contribution is 7.51. The van der Waals surface area contributed by atoms with E-state index >= 15 is 0 Å². The summed E-state index contributed by atoms with van der Waals surface area (Å²) in [4.78, 5) is 19.0. The molecule has 0 radical (unpaired) electrons. The van der Waals surface area contributed by atoms with Crippen molar-refractivity contribution in [3.05, 3.63) is 0 Å². The number of rotatable bonds is 17. The minimum Gasteiger partial charge on any atom is -0.394 e. The molecule has 1 aliphatic heterocycles. The number of aliphatic hydroxyl groups excluding tert-OH is 4. The quantitative estimate of drug-likeness (QED) is 0.0884. The minimum absolute atomic E-state index is 0.0498. The van der Waals surface area contributed by atoms with Crippen molar-refractivity contribution >= 4 is 15.4 Å². The van der Waals surface area contributed by atoms with Gasteiger partial charge in [0, 0.05) is 12.6 Å². The van der Waals surface area contributed by atoms with Crippen LogP contribution >= 0.6 is 15.4 Å². The topological polar surface area (TPSA) is 228 Å². The summed E-state index contributed by atoms with van der Waals surface area (Å²) in [6, 6.07) is 0. The molecule has 0 aromatic carbocycles. The van der Waals surface area contributed by atoms with Gasteiger partial charge in [0.05, 0.1) is 26.4 Å². The van der Waals surface area contributed by atoms with Crippen molar-refractivity contribution in [2.75, 3.05) is 39.6 Å². The van der Waals surface area contributed by atoms with Crippen molar-refractivity contribution in [2.24, 2.45) is 11.7 Å². The summed E-state index contributed by atoms with van der Waals surface area (Å²) in [6.45, 7) is 1.18. The Labute approximate surface area is 192 Å². The SMILES string of the molecule is CC1[C@H](OCC(O)C(O)C(O)COP(=O)(O)OCCCCCN)O[C@H](CO)[C@@H]1OP(C)(=O)O. The Hall–Kier alpha value is -0.0200. The molecule has 33 heavy (non-hydrogen) atoms. The van der Waals surface area contributed by atoms with Crippen LogP contribution in [0.4, 0.5) is 0 Å². The molecule has 1 saturated heterocycles. The molecule has 6 unspecified atom stereocenters. The second kappa shape index (κ2) is 14.5. The average molecular weight is 525 g/mol. The van der Waals surface area contributed by atoms with Gasteiger partial charge in [-0.1, -0.05) is 6.92 Å². The largest absolute Gasteiger partial charge is 0.472 e. The van der Waals surface area contributed by atoms with Crippen LogP contribution in [0.5, 0.6) is 0 Å². The predicted octanol–water partition coefficient (Wildman–Crippen LogP) is -1.10. The molecule has 0 saturated carbocycles. The Morgan fingerprint density at radius 2 is 1.67 bits per heavy atom. The maximum Gasteiger partial charge on any atom is 0.472 e. The lowest BCUT2D eigenvalue weighted by molar-refractivity contribution is -0.182. The molecule has 1 aliphatic rings. The lowest BCUT2D eigenvalue weighted by Gasteiger charge is -2.25. The summed E-state index contributed by atoms with van der Waals surface area (Å²) >= 11 is 0. The molecule has 9 atom stereocenters. The number of phosphoric ester groups is 1. The molecule has 0 bridgehead atoms. The zero-order valence-corrected chi connectivity index (χ0v) is 20.5. The normalized spacial score (nSPS) is 29.8. The molecule has 0 aromatic heterocycles. The fourth-order valence-corrected chi connectivity index (χ4v) is 4.61. The second-order valence-electron chi connectivity index (χ2n) is 7.86. The maximum absolute atomic E-state index is 11.8. The molecule has 0 aromatic rings. The Bertz CT molecular complexity index is 650. The van der Waals surface area contributed by atoms with Crippen LogP contribution in [0.3, 0.4) is 0 Å². The first kappa shape index (κ1) is 31.0. The highest BCUT2D eigenvalue weighted by atomic mass is 31.2. The lowest BCUT2D eigenvalue weighted by Crippen LogP contribution is -2.43. The van der Waals surface area contributed by atoms with Gasteiger partial charge in [0.15, 0.2) is 6.29 Å². The summed E-state index contributed by atoms with van der Waals surface area (Å²) in [6.07, 6.45) is -6.19. The molecular weight excluding hydrogens is 488 g/mol. The number of phosphoric acid groups is 1. The molecule has 0 aliphatic carbocycles. The van der Waals surface area contributed by atoms with Gasteiger partial charge in [-0.2, -0.15) is 0 Å². The summed E-state index contributed by atoms with van der Waals surface area (Å²) in [5.41, 5.74) is 5.34. The number of aliphatic hydroxyl groups is 4. The van der Waals surface area contributed by atoms with Gasteiger partial charge in [-0.3, -0.25) is 13.6 Å². The monoisotopic (exact) mass is 525 g/mol. The van der Waals surface area contributed by atoms with Crippen LogP contribution in [0.1, 0.15) is 26.2 Å². The lowest BCUT2D eigenvalue weighted by atomic mass is 10.0.